The summed E-state index contributed by atoms with van der Waals surface area (Å²) in [6.45, 7) is 6.55. The summed E-state index contributed by atoms with van der Waals surface area (Å²) >= 11 is 0. The molecule has 0 bridgehead atoms. The first-order chi connectivity index (χ1) is 8.86. The minimum atomic E-state index is -1.13. The number of hydrogen-bond donors (Lipinski definition) is 1. The molecule has 0 rings (SSSR count). The first-order valence-corrected chi connectivity index (χ1v) is 6.43. The van der Waals surface area contributed by atoms with E-state index in [9.17, 15) is 9.59 Å². The van der Waals surface area contributed by atoms with Crippen LogP contribution in [-0.4, -0.2) is 68.3 Å². The van der Waals surface area contributed by atoms with E-state index in [-0.39, 0.29) is 32.1 Å². The minimum Gasteiger partial charge on any atom is -0.465 e. The maximum Gasteiger partial charge on any atom is 0.319 e. The van der Waals surface area contributed by atoms with Crippen LogP contribution in [0.3, 0.4) is 0 Å². The molecule has 0 amide bonds. The van der Waals surface area contributed by atoms with Gasteiger partial charge in [0.2, 0.25) is 0 Å². The van der Waals surface area contributed by atoms with Gasteiger partial charge in [-0.05, 0) is 27.8 Å². The molecule has 112 valence electrons. The van der Waals surface area contributed by atoms with Crippen LogP contribution < -0.4 is 0 Å². The second-order valence-electron chi connectivity index (χ2n) is 4.84. The Morgan fingerprint density at radius 3 is 2.42 bits per heavy atom. The summed E-state index contributed by atoms with van der Waals surface area (Å²) in [6.07, 6.45) is 0. The Labute approximate surface area is 114 Å². The van der Waals surface area contributed by atoms with Crippen molar-refractivity contribution in [3.63, 3.8) is 0 Å². The lowest BCUT2D eigenvalue weighted by Gasteiger charge is -2.24. The zero-order valence-electron chi connectivity index (χ0n) is 12.3. The van der Waals surface area contributed by atoms with Gasteiger partial charge < -0.3 is 14.6 Å². The van der Waals surface area contributed by atoms with E-state index in [1.165, 1.54) is 0 Å². The van der Waals surface area contributed by atoms with Crippen LogP contribution in [0.1, 0.15) is 20.8 Å². The van der Waals surface area contributed by atoms with Crippen molar-refractivity contribution in [2.45, 2.75) is 20.8 Å². The van der Waals surface area contributed by atoms with Crippen molar-refractivity contribution in [3.05, 3.63) is 0 Å². The van der Waals surface area contributed by atoms with Crippen molar-refractivity contribution >= 4 is 11.8 Å². The van der Waals surface area contributed by atoms with Gasteiger partial charge in [-0.25, -0.2) is 0 Å². The van der Waals surface area contributed by atoms with Crippen molar-refractivity contribution in [3.8, 4) is 0 Å². The van der Waals surface area contributed by atoms with Crippen LogP contribution in [0.25, 0.3) is 0 Å². The molecule has 0 saturated heterocycles. The second kappa shape index (κ2) is 9.01. The number of carbonyl (C=O) groups excluding carboxylic acids is 2. The number of Topliss-reactive ketones (excluding diaryl/α,β-unsaturated/α-hetero) is 1. The van der Waals surface area contributed by atoms with Gasteiger partial charge in [-0.3, -0.25) is 14.5 Å². The summed E-state index contributed by atoms with van der Waals surface area (Å²) in [4.78, 5) is 25.5. The predicted octanol–water partition coefficient (Wildman–Crippen LogP) is 0.0855. The van der Waals surface area contributed by atoms with Gasteiger partial charge in [-0.15, -0.1) is 0 Å². The van der Waals surface area contributed by atoms with E-state index in [1.54, 1.807) is 32.7 Å². The summed E-state index contributed by atoms with van der Waals surface area (Å²) in [6, 6.07) is 0. The van der Waals surface area contributed by atoms with E-state index in [0.717, 1.165) is 0 Å². The van der Waals surface area contributed by atoms with Crippen molar-refractivity contribution < 1.29 is 24.2 Å². The molecule has 0 aromatic rings. The maximum absolute atomic E-state index is 12.1. The minimum absolute atomic E-state index is 0.0153. The van der Waals surface area contributed by atoms with Gasteiger partial charge in [-0.1, -0.05) is 0 Å². The monoisotopic (exact) mass is 275 g/mol. The van der Waals surface area contributed by atoms with Crippen molar-refractivity contribution in [2.75, 3.05) is 46.6 Å². The molecular weight excluding hydrogens is 250 g/mol. The van der Waals surface area contributed by atoms with Crippen molar-refractivity contribution in [1.29, 1.82) is 0 Å². The maximum atomic E-state index is 12.1. The molecule has 0 aromatic heterocycles. The third-order valence-corrected chi connectivity index (χ3v) is 2.75. The summed E-state index contributed by atoms with van der Waals surface area (Å²) in [5.41, 5.74) is -1.13. The van der Waals surface area contributed by atoms with Crippen LogP contribution in [-0.2, 0) is 19.1 Å². The number of hydrogen-bond acceptors (Lipinski definition) is 6. The lowest BCUT2D eigenvalue weighted by atomic mass is 9.88. The highest BCUT2D eigenvalue weighted by Crippen LogP contribution is 2.19. The molecule has 0 aliphatic heterocycles. The van der Waals surface area contributed by atoms with Gasteiger partial charge in [0.1, 0.15) is 5.41 Å². The van der Waals surface area contributed by atoms with E-state index in [2.05, 4.69) is 0 Å². The molecule has 0 spiro atoms. The molecule has 1 N–H and O–H groups in total. The molecule has 0 aliphatic rings. The quantitative estimate of drug-likeness (QED) is 0.346. The van der Waals surface area contributed by atoms with Crippen molar-refractivity contribution in [2.24, 2.45) is 5.41 Å². The highest BCUT2D eigenvalue weighted by Gasteiger charge is 2.37. The first-order valence-electron chi connectivity index (χ1n) is 6.43. The number of ether oxygens (including phenoxy) is 2. The number of likely N-dealkylation sites (N-methyl/N-ethyl adjacent to an activating group) is 1. The Morgan fingerprint density at radius 2 is 1.89 bits per heavy atom. The Bertz CT molecular complexity index is 291. The fraction of sp³-hybridized carbons (Fsp3) is 0.846. The summed E-state index contributed by atoms with van der Waals surface area (Å²) in [7, 11) is 1.78. The van der Waals surface area contributed by atoms with Crippen LogP contribution in [0.2, 0.25) is 0 Å². The van der Waals surface area contributed by atoms with Crippen LogP contribution >= 0.6 is 0 Å². The number of aliphatic hydroxyl groups is 1. The summed E-state index contributed by atoms with van der Waals surface area (Å²) in [5.74, 6) is -0.680. The summed E-state index contributed by atoms with van der Waals surface area (Å²) in [5, 5.41) is 8.55. The first kappa shape index (κ1) is 18.0. The largest absolute Gasteiger partial charge is 0.465 e. The fourth-order valence-corrected chi connectivity index (χ4v) is 1.33. The van der Waals surface area contributed by atoms with E-state index in [4.69, 9.17) is 14.6 Å². The molecule has 0 unspecified atom stereocenters. The standard InChI is InChI=1S/C13H25NO5/c1-5-19-12(17)13(2,3)11(16)10-14(4)6-8-18-9-7-15/h15H,5-10H2,1-4H3. The number of rotatable bonds is 10. The van der Waals surface area contributed by atoms with Gasteiger partial charge in [0.15, 0.2) is 5.78 Å². The normalized spacial score (nSPS) is 11.7. The van der Waals surface area contributed by atoms with Gasteiger partial charge in [0, 0.05) is 6.54 Å². The molecule has 0 radical (unpaired) electrons. The third-order valence-electron chi connectivity index (χ3n) is 2.75. The lowest BCUT2D eigenvalue weighted by Crippen LogP contribution is -2.42. The highest BCUT2D eigenvalue weighted by molar-refractivity contribution is 6.03. The Kier molecular flexibility index (Phi) is 8.54. The van der Waals surface area contributed by atoms with E-state index in [1.807, 2.05) is 0 Å². The highest BCUT2D eigenvalue weighted by atomic mass is 16.5. The lowest BCUT2D eigenvalue weighted by molar-refractivity contribution is -0.158. The Morgan fingerprint density at radius 1 is 1.26 bits per heavy atom. The van der Waals surface area contributed by atoms with Crippen LogP contribution in [0.4, 0.5) is 0 Å². The SMILES string of the molecule is CCOC(=O)C(C)(C)C(=O)CN(C)CCOCCO. The molecule has 6 heteroatoms. The molecular formula is C13H25NO5. The number of carbonyl (C=O) groups is 2. The molecule has 0 aliphatic carbocycles. The topological polar surface area (TPSA) is 76.1 Å². The third kappa shape index (κ3) is 6.66. The molecule has 0 atom stereocenters. The Hall–Kier alpha value is -0.980. The zero-order chi connectivity index (χ0) is 14.9. The molecule has 0 heterocycles. The summed E-state index contributed by atoms with van der Waals surface area (Å²) < 4.78 is 10.0. The fourth-order valence-electron chi connectivity index (χ4n) is 1.33. The molecule has 0 aromatic carbocycles. The smallest absolute Gasteiger partial charge is 0.319 e. The molecule has 0 saturated carbocycles. The van der Waals surface area contributed by atoms with E-state index >= 15 is 0 Å². The Balaban J connectivity index is 4.16. The van der Waals surface area contributed by atoms with E-state index in [0.29, 0.717) is 13.2 Å². The van der Waals surface area contributed by atoms with Gasteiger partial charge in [0.25, 0.3) is 0 Å². The van der Waals surface area contributed by atoms with E-state index < -0.39 is 11.4 Å². The van der Waals surface area contributed by atoms with Gasteiger partial charge >= 0.3 is 5.97 Å². The molecule has 0 fully saturated rings. The van der Waals surface area contributed by atoms with Crippen LogP contribution in [0.5, 0.6) is 0 Å². The number of ketones is 1. The number of aliphatic hydroxyl groups excluding tert-OH is 1. The average molecular weight is 275 g/mol. The van der Waals surface area contributed by atoms with Gasteiger partial charge in [-0.2, -0.15) is 0 Å². The number of nitrogens with zero attached hydrogens (tertiary/aromatic N) is 1. The average Bonchev–Trinajstić information content (AvgIpc) is 2.34. The second-order valence-corrected chi connectivity index (χ2v) is 4.84. The van der Waals surface area contributed by atoms with Crippen LogP contribution in [0, 0.1) is 5.41 Å². The van der Waals surface area contributed by atoms with Gasteiger partial charge in [0.05, 0.1) is 33.0 Å². The predicted molar refractivity (Wildman–Crippen MR) is 70.8 cm³/mol. The van der Waals surface area contributed by atoms with Crippen LogP contribution in [0.15, 0.2) is 0 Å². The van der Waals surface area contributed by atoms with Crippen molar-refractivity contribution in [1.82, 2.24) is 4.90 Å². The molecule has 19 heavy (non-hydrogen) atoms. The zero-order valence-corrected chi connectivity index (χ0v) is 12.3. The number of esters is 1. The molecule has 6 nitrogen and oxygen atoms in total.